The lowest BCUT2D eigenvalue weighted by Crippen LogP contribution is -2.32. The van der Waals surface area contributed by atoms with Gasteiger partial charge in [0.15, 0.2) is 0 Å². The van der Waals surface area contributed by atoms with Crippen LogP contribution in [0.15, 0.2) is 15.8 Å². The second kappa shape index (κ2) is 8.84. The first-order valence-electron chi connectivity index (χ1n) is 4.73. The molecule has 1 heterocycles. The Morgan fingerprint density at radius 3 is 2.12 bits per heavy atom. The maximum atomic E-state index is 12.4. The van der Waals surface area contributed by atoms with E-state index in [0.29, 0.717) is 6.20 Å². The van der Waals surface area contributed by atoms with Crippen LogP contribution in [0, 0.1) is 5.82 Å². The van der Waals surface area contributed by atoms with Crippen molar-refractivity contribution in [3.8, 4) is 0 Å². The van der Waals surface area contributed by atoms with Crippen molar-refractivity contribution in [2.24, 2.45) is 0 Å². The average Bonchev–Trinajstić information content (AvgIpc) is 2.28. The average molecular weight is 253 g/mol. The van der Waals surface area contributed by atoms with Crippen molar-refractivity contribution in [3.05, 3.63) is 32.9 Å². The fraction of sp³-hybridized carbons (Fsp3) is 0.444. The third-order valence-corrected chi connectivity index (χ3v) is 1.27. The number of hydrogen-bond donors (Lipinski definition) is 1. The van der Waals surface area contributed by atoms with Crippen molar-refractivity contribution in [2.45, 2.75) is 27.7 Å². The van der Waals surface area contributed by atoms with Gasteiger partial charge in [0.05, 0.1) is 6.20 Å². The molecule has 0 bridgehead atoms. The van der Waals surface area contributed by atoms with E-state index in [2.05, 4.69) is 0 Å². The van der Waals surface area contributed by atoms with Gasteiger partial charge in [-0.3, -0.25) is 14.6 Å². The summed E-state index contributed by atoms with van der Waals surface area (Å²) in [7, 11) is 0. The predicted molar refractivity (Wildman–Crippen MR) is 60.6 cm³/mol. The number of carbonyl (C=O) groups excluding carboxylic acids is 1. The van der Waals surface area contributed by atoms with Gasteiger partial charge in [-0.25, -0.2) is 9.36 Å². The second-order valence-corrected chi connectivity index (χ2v) is 2.18. The number of halogens is 2. The molecule has 0 amide bonds. The van der Waals surface area contributed by atoms with E-state index in [-0.39, 0.29) is 4.57 Å². The van der Waals surface area contributed by atoms with Gasteiger partial charge in [-0.15, -0.1) is 0 Å². The minimum Gasteiger partial charge on any atom is -0.271 e. The molecule has 1 rings (SSSR count). The molecule has 0 saturated heterocycles. The lowest BCUT2D eigenvalue weighted by Gasteiger charge is -1.94. The van der Waals surface area contributed by atoms with E-state index in [4.69, 9.17) is 11.6 Å². The topological polar surface area (TPSA) is 71.9 Å². The molecule has 16 heavy (non-hydrogen) atoms. The van der Waals surface area contributed by atoms with Crippen LogP contribution in [0.2, 0.25) is 0 Å². The fourth-order valence-electron chi connectivity index (χ4n) is 0.578. The van der Waals surface area contributed by atoms with Crippen molar-refractivity contribution in [1.82, 2.24) is 9.55 Å². The van der Waals surface area contributed by atoms with E-state index in [0.717, 1.165) is 0 Å². The van der Waals surface area contributed by atoms with Crippen LogP contribution in [0.5, 0.6) is 0 Å². The molecule has 1 aromatic rings. The molecule has 0 atom stereocenters. The second-order valence-electron chi connectivity index (χ2n) is 1.86. The first-order chi connectivity index (χ1) is 7.52. The molecule has 92 valence electrons. The van der Waals surface area contributed by atoms with Gasteiger partial charge in [-0.1, -0.05) is 27.7 Å². The van der Waals surface area contributed by atoms with E-state index < -0.39 is 22.4 Å². The van der Waals surface area contributed by atoms with E-state index in [1.165, 1.54) is 0 Å². The molecule has 1 N–H and O–H groups in total. The van der Waals surface area contributed by atoms with Gasteiger partial charge in [0.25, 0.3) is 5.56 Å². The van der Waals surface area contributed by atoms with Gasteiger partial charge in [-0.2, -0.15) is 4.39 Å². The Bertz CT molecular complexity index is 439. The number of H-pyrrole nitrogens is 1. The summed E-state index contributed by atoms with van der Waals surface area (Å²) in [5.74, 6) is -1.25. The SMILES string of the molecule is CC.CC.O=C(Cl)n1cc(F)c(=O)[nH]c1=O. The van der Waals surface area contributed by atoms with Crippen molar-refractivity contribution < 1.29 is 9.18 Å². The molecule has 0 aromatic carbocycles. The van der Waals surface area contributed by atoms with Gasteiger partial charge in [0.1, 0.15) is 0 Å². The highest BCUT2D eigenvalue weighted by Gasteiger charge is 2.07. The number of hydrogen-bond acceptors (Lipinski definition) is 3. The minimum absolute atomic E-state index is 0.248. The van der Waals surface area contributed by atoms with Crippen molar-refractivity contribution >= 4 is 17.0 Å². The summed E-state index contributed by atoms with van der Waals surface area (Å²) in [4.78, 5) is 33.0. The Balaban J connectivity index is 0. The van der Waals surface area contributed by atoms with Crippen LogP contribution in [0.1, 0.15) is 27.7 Å². The summed E-state index contributed by atoms with van der Waals surface area (Å²) in [5, 5.41) is -1.19. The van der Waals surface area contributed by atoms with Gasteiger partial charge >= 0.3 is 11.1 Å². The maximum Gasteiger partial charge on any atom is 0.336 e. The van der Waals surface area contributed by atoms with E-state index >= 15 is 0 Å². The lowest BCUT2D eigenvalue weighted by molar-refractivity contribution is 0.259. The Labute approximate surface area is 96.9 Å². The molecule has 0 unspecified atom stereocenters. The van der Waals surface area contributed by atoms with Crippen LogP contribution in [0.4, 0.5) is 9.18 Å². The first kappa shape index (κ1) is 17.0. The Kier molecular flexibility index (Phi) is 9.39. The molecular formula is C9H14ClFN2O3. The number of aromatic nitrogens is 2. The highest BCUT2D eigenvalue weighted by atomic mass is 35.5. The summed E-state index contributed by atoms with van der Waals surface area (Å²) in [6.45, 7) is 8.00. The highest BCUT2D eigenvalue weighted by molar-refractivity contribution is 6.63. The molecule has 1 aromatic heterocycles. The van der Waals surface area contributed by atoms with E-state index in [9.17, 15) is 18.8 Å². The monoisotopic (exact) mass is 252 g/mol. The van der Waals surface area contributed by atoms with Crippen molar-refractivity contribution in [1.29, 1.82) is 0 Å². The number of carbonyl (C=O) groups is 1. The zero-order valence-corrected chi connectivity index (χ0v) is 10.3. The van der Waals surface area contributed by atoms with Crippen LogP contribution in [0.3, 0.4) is 0 Å². The molecular weight excluding hydrogens is 239 g/mol. The maximum absolute atomic E-state index is 12.4. The smallest absolute Gasteiger partial charge is 0.271 e. The van der Waals surface area contributed by atoms with Crippen LogP contribution < -0.4 is 11.2 Å². The summed E-state index contributed by atoms with van der Waals surface area (Å²) in [6.07, 6.45) is 0.427. The van der Waals surface area contributed by atoms with Crippen LogP contribution in [-0.2, 0) is 0 Å². The Morgan fingerprint density at radius 1 is 1.31 bits per heavy atom. The number of rotatable bonds is 0. The lowest BCUT2D eigenvalue weighted by atomic mass is 10.6. The fourth-order valence-corrected chi connectivity index (χ4v) is 0.704. The van der Waals surface area contributed by atoms with Crippen molar-refractivity contribution in [3.63, 3.8) is 0 Å². The van der Waals surface area contributed by atoms with E-state index in [1.807, 2.05) is 27.7 Å². The third kappa shape index (κ3) is 4.88. The molecule has 0 saturated carbocycles. The summed E-state index contributed by atoms with van der Waals surface area (Å²) < 4.78 is 12.7. The molecule has 0 aliphatic carbocycles. The van der Waals surface area contributed by atoms with Crippen LogP contribution >= 0.6 is 11.6 Å². The van der Waals surface area contributed by atoms with Gasteiger partial charge in [0.2, 0.25) is 5.82 Å². The molecule has 0 radical (unpaired) electrons. The molecule has 0 aliphatic rings. The molecule has 0 fully saturated rings. The quantitative estimate of drug-likeness (QED) is 0.717. The standard InChI is InChI=1S/C5H2ClFN2O3.2C2H6/c6-4(11)9-1-2(7)3(10)8-5(9)12;2*1-2/h1H,(H,8,10,12);2*1-2H3. The number of nitrogens with zero attached hydrogens (tertiary/aromatic N) is 1. The van der Waals surface area contributed by atoms with Crippen LogP contribution in [-0.4, -0.2) is 14.9 Å². The summed E-state index contributed by atoms with van der Waals surface area (Å²) in [6, 6.07) is 0. The van der Waals surface area contributed by atoms with Gasteiger partial charge in [-0.05, 0) is 11.6 Å². The Hall–Kier alpha value is -1.43. The predicted octanol–water partition coefficient (Wildman–Crippen LogP) is 1.93. The van der Waals surface area contributed by atoms with Crippen molar-refractivity contribution in [2.75, 3.05) is 0 Å². The zero-order valence-electron chi connectivity index (χ0n) is 9.51. The van der Waals surface area contributed by atoms with Gasteiger partial charge < -0.3 is 0 Å². The van der Waals surface area contributed by atoms with Crippen LogP contribution in [0.25, 0.3) is 0 Å². The van der Waals surface area contributed by atoms with E-state index in [1.54, 1.807) is 4.98 Å². The number of nitrogens with one attached hydrogen (secondary N) is 1. The Morgan fingerprint density at radius 2 is 1.75 bits per heavy atom. The molecule has 0 spiro atoms. The van der Waals surface area contributed by atoms with Gasteiger partial charge in [0, 0.05) is 0 Å². The minimum atomic E-state index is -1.25. The third-order valence-electron chi connectivity index (χ3n) is 1.09. The normalized spacial score (nSPS) is 8.12. The number of aromatic amines is 1. The summed E-state index contributed by atoms with van der Waals surface area (Å²) >= 11 is 4.87. The summed E-state index contributed by atoms with van der Waals surface area (Å²) in [5.41, 5.74) is -2.25. The first-order valence-corrected chi connectivity index (χ1v) is 5.11. The highest BCUT2D eigenvalue weighted by Crippen LogP contribution is 1.88. The molecule has 0 aliphatic heterocycles. The molecule has 5 nitrogen and oxygen atoms in total. The molecule has 7 heteroatoms. The zero-order chi connectivity index (χ0) is 13.3. The largest absolute Gasteiger partial charge is 0.336 e.